The zero-order valence-electron chi connectivity index (χ0n) is 17.8. The summed E-state index contributed by atoms with van der Waals surface area (Å²) in [6.07, 6.45) is 1.96. The monoisotopic (exact) mass is 411 g/mol. The Morgan fingerprint density at radius 2 is 1.83 bits per heavy atom. The minimum atomic E-state index is -0.670. The van der Waals surface area contributed by atoms with Gasteiger partial charge < -0.3 is 19.5 Å². The van der Waals surface area contributed by atoms with Crippen molar-refractivity contribution in [3.63, 3.8) is 0 Å². The number of benzene rings is 2. The molecule has 2 aromatic carbocycles. The van der Waals surface area contributed by atoms with Gasteiger partial charge in [-0.2, -0.15) is 0 Å². The zero-order chi connectivity index (χ0) is 21.6. The first-order valence-corrected chi connectivity index (χ1v) is 10.3. The third-order valence-corrected chi connectivity index (χ3v) is 5.65. The number of ether oxygens (including phenoxy) is 3. The molecular formula is C24H29NO5. The summed E-state index contributed by atoms with van der Waals surface area (Å²) in [7, 11) is 1.33. The van der Waals surface area contributed by atoms with E-state index in [2.05, 4.69) is 5.32 Å². The molecule has 1 atom stereocenters. The lowest BCUT2D eigenvalue weighted by molar-refractivity contribution is -0.125. The Hall–Kier alpha value is -2.86. The van der Waals surface area contributed by atoms with Gasteiger partial charge in [0.2, 0.25) is 5.91 Å². The maximum Gasteiger partial charge on any atom is 0.341 e. The van der Waals surface area contributed by atoms with Crippen molar-refractivity contribution >= 4 is 17.6 Å². The number of amides is 1. The number of nitrogens with one attached hydrogen (secondary N) is 1. The van der Waals surface area contributed by atoms with Gasteiger partial charge in [-0.05, 0) is 49.9 Å². The Morgan fingerprint density at radius 3 is 2.47 bits per heavy atom. The van der Waals surface area contributed by atoms with Crippen LogP contribution in [0.2, 0.25) is 0 Å². The predicted octanol–water partition coefficient (Wildman–Crippen LogP) is 4.34. The fourth-order valence-corrected chi connectivity index (χ4v) is 3.65. The number of hydrogen-bond acceptors (Lipinski definition) is 5. The highest BCUT2D eigenvalue weighted by Gasteiger charge is 2.41. The molecule has 0 aliphatic carbocycles. The van der Waals surface area contributed by atoms with E-state index in [1.54, 1.807) is 18.2 Å². The fourth-order valence-electron chi connectivity index (χ4n) is 3.65. The SMILES string of the molecule is CCC(C)Oc1ccc(NC(=O)C2(c3ccccc3)CCOCC2)cc1C(=O)OC. The summed E-state index contributed by atoms with van der Waals surface area (Å²) in [5.41, 5.74) is 1.11. The summed E-state index contributed by atoms with van der Waals surface area (Å²) in [4.78, 5) is 25.7. The van der Waals surface area contributed by atoms with Crippen LogP contribution in [0.4, 0.5) is 5.69 Å². The summed E-state index contributed by atoms with van der Waals surface area (Å²) in [6.45, 7) is 4.99. The first kappa shape index (κ1) is 21.8. The molecule has 2 aromatic rings. The lowest BCUT2D eigenvalue weighted by atomic mass is 9.73. The van der Waals surface area contributed by atoms with Gasteiger partial charge in [-0.15, -0.1) is 0 Å². The van der Waals surface area contributed by atoms with E-state index in [1.807, 2.05) is 44.2 Å². The Bertz CT molecular complexity index is 874. The molecule has 0 bridgehead atoms. The van der Waals surface area contributed by atoms with Gasteiger partial charge in [0.1, 0.15) is 11.3 Å². The molecule has 30 heavy (non-hydrogen) atoms. The molecule has 0 spiro atoms. The van der Waals surface area contributed by atoms with Crippen molar-refractivity contribution in [1.82, 2.24) is 0 Å². The maximum atomic E-state index is 13.4. The molecule has 0 aromatic heterocycles. The third kappa shape index (κ3) is 4.65. The number of methoxy groups -OCH3 is 1. The minimum absolute atomic E-state index is 0.0440. The summed E-state index contributed by atoms with van der Waals surface area (Å²) in [5, 5.41) is 3.01. The van der Waals surface area contributed by atoms with E-state index in [9.17, 15) is 9.59 Å². The largest absolute Gasteiger partial charge is 0.490 e. The topological polar surface area (TPSA) is 73.9 Å². The second-order valence-electron chi connectivity index (χ2n) is 7.55. The van der Waals surface area contributed by atoms with Crippen LogP contribution in [0.15, 0.2) is 48.5 Å². The molecule has 1 aliphatic rings. The van der Waals surface area contributed by atoms with Gasteiger partial charge in [-0.25, -0.2) is 4.79 Å². The zero-order valence-corrected chi connectivity index (χ0v) is 17.8. The molecule has 1 unspecified atom stereocenters. The standard InChI is InChI=1S/C24H29NO5/c1-4-17(2)30-21-11-10-19(16-20(21)22(26)28-3)25-23(27)24(12-14-29-15-13-24)18-8-6-5-7-9-18/h5-11,16-17H,4,12-15H2,1-3H3,(H,25,27). The summed E-state index contributed by atoms with van der Waals surface area (Å²) in [6, 6.07) is 14.8. The molecule has 1 saturated heterocycles. The van der Waals surface area contributed by atoms with Crippen molar-refractivity contribution < 1.29 is 23.8 Å². The van der Waals surface area contributed by atoms with E-state index in [1.165, 1.54) is 7.11 Å². The smallest absolute Gasteiger partial charge is 0.341 e. The van der Waals surface area contributed by atoms with Crippen LogP contribution in [0.5, 0.6) is 5.75 Å². The fraction of sp³-hybridized carbons (Fsp3) is 0.417. The number of esters is 1. The molecule has 3 rings (SSSR count). The first-order chi connectivity index (χ1) is 14.5. The second-order valence-corrected chi connectivity index (χ2v) is 7.55. The lowest BCUT2D eigenvalue weighted by Crippen LogP contribution is -2.44. The van der Waals surface area contributed by atoms with E-state index < -0.39 is 11.4 Å². The lowest BCUT2D eigenvalue weighted by Gasteiger charge is -2.36. The van der Waals surface area contributed by atoms with Gasteiger partial charge >= 0.3 is 5.97 Å². The molecule has 1 amide bonds. The normalized spacial score (nSPS) is 16.4. The van der Waals surface area contributed by atoms with Gasteiger partial charge in [0.15, 0.2) is 0 Å². The second kappa shape index (κ2) is 9.76. The van der Waals surface area contributed by atoms with Crippen LogP contribution in [-0.4, -0.2) is 38.3 Å². The van der Waals surface area contributed by atoms with E-state index in [0.29, 0.717) is 37.5 Å². The number of carbonyl (C=O) groups is 2. The van der Waals surface area contributed by atoms with E-state index >= 15 is 0 Å². The average molecular weight is 411 g/mol. The molecule has 0 saturated carbocycles. The molecule has 1 N–H and O–H groups in total. The van der Waals surface area contributed by atoms with Crippen molar-refractivity contribution in [2.75, 3.05) is 25.6 Å². The minimum Gasteiger partial charge on any atom is -0.490 e. The number of carbonyl (C=O) groups excluding carboxylic acids is 2. The molecule has 1 fully saturated rings. The number of hydrogen-bond donors (Lipinski definition) is 1. The van der Waals surface area contributed by atoms with Crippen molar-refractivity contribution in [2.24, 2.45) is 0 Å². The predicted molar refractivity (Wildman–Crippen MR) is 115 cm³/mol. The Balaban J connectivity index is 1.90. The van der Waals surface area contributed by atoms with Gasteiger partial charge in [-0.1, -0.05) is 37.3 Å². The first-order valence-electron chi connectivity index (χ1n) is 10.3. The van der Waals surface area contributed by atoms with E-state index in [4.69, 9.17) is 14.2 Å². The van der Waals surface area contributed by atoms with Crippen LogP contribution in [-0.2, 0) is 19.7 Å². The van der Waals surface area contributed by atoms with Crippen molar-refractivity contribution in [2.45, 2.75) is 44.6 Å². The Labute approximate surface area is 177 Å². The third-order valence-electron chi connectivity index (χ3n) is 5.65. The molecule has 6 heteroatoms. The molecule has 0 radical (unpaired) electrons. The van der Waals surface area contributed by atoms with Gasteiger partial charge in [0, 0.05) is 18.9 Å². The van der Waals surface area contributed by atoms with Crippen LogP contribution in [0.3, 0.4) is 0 Å². The van der Waals surface area contributed by atoms with Gasteiger partial charge in [-0.3, -0.25) is 4.79 Å². The van der Waals surface area contributed by atoms with Gasteiger partial charge in [0.25, 0.3) is 0 Å². The molecule has 6 nitrogen and oxygen atoms in total. The highest BCUT2D eigenvalue weighted by Crippen LogP contribution is 2.36. The van der Waals surface area contributed by atoms with E-state index in [-0.39, 0.29) is 17.6 Å². The Kier molecular flexibility index (Phi) is 7.11. The van der Waals surface area contributed by atoms with Crippen molar-refractivity contribution in [3.8, 4) is 5.75 Å². The van der Waals surface area contributed by atoms with Crippen molar-refractivity contribution in [3.05, 3.63) is 59.7 Å². The van der Waals surface area contributed by atoms with Crippen molar-refractivity contribution in [1.29, 1.82) is 0 Å². The number of anilines is 1. The molecule has 1 heterocycles. The highest BCUT2D eigenvalue weighted by atomic mass is 16.5. The van der Waals surface area contributed by atoms with E-state index in [0.717, 1.165) is 12.0 Å². The van der Waals surface area contributed by atoms with Gasteiger partial charge in [0.05, 0.1) is 18.6 Å². The highest BCUT2D eigenvalue weighted by molar-refractivity contribution is 6.01. The maximum absolute atomic E-state index is 13.4. The number of rotatable bonds is 7. The summed E-state index contributed by atoms with van der Waals surface area (Å²) in [5.74, 6) is -0.172. The molecular weight excluding hydrogens is 382 g/mol. The Morgan fingerprint density at radius 1 is 1.13 bits per heavy atom. The molecule has 160 valence electrons. The van der Waals surface area contributed by atoms with Crippen LogP contribution in [0, 0.1) is 0 Å². The summed E-state index contributed by atoms with van der Waals surface area (Å²) < 4.78 is 16.3. The van der Waals surface area contributed by atoms with Crippen LogP contribution < -0.4 is 10.1 Å². The average Bonchev–Trinajstić information content (AvgIpc) is 2.80. The van der Waals surface area contributed by atoms with Crippen LogP contribution in [0.1, 0.15) is 49.0 Å². The quantitative estimate of drug-likeness (QED) is 0.686. The van der Waals surface area contributed by atoms with Crippen LogP contribution >= 0.6 is 0 Å². The summed E-state index contributed by atoms with van der Waals surface area (Å²) >= 11 is 0. The van der Waals surface area contributed by atoms with Crippen LogP contribution in [0.25, 0.3) is 0 Å². The molecule has 1 aliphatic heterocycles.